The summed E-state index contributed by atoms with van der Waals surface area (Å²) in [6.45, 7) is 10.1. The molecule has 2 aromatic rings. The zero-order valence-electron chi connectivity index (χ0n) is 28.7. The molecule has 1 aliphatic rings. The molecule has 4 unspecified atom stereocenters. The highest BCUT2D eigenvalue weighted by atomic mass is 32.1. The van der Waals surface area contributed by atoms with Crippen LogP contribution in [0.3, 0.4) is 0 Å². The Kier molecular flexibility index (Phi) is 14.1. The zero-order chi connectivity index (χ0) is 34.8. The minimum atomic E-state index is -0.944. The van der Waals surface area contributed by atoms with Crippen LogP contribution in [0, 0.1) is 17.8 Å². The maximum Gasteiger partial charge on any atom is 0.306 e. The fraction of sp³-hybridized carbons (Fsp3) is 0.600. The average molecular weight is 670 g/mol. The first-order chi connectivity index (χ1) is 22.2. The van der Waals surface area contributed by atoms with Crippen LogP contribution in [0.2, 0.25) is 0 Å². The van der Waals surface area contributed by atoms with E-state index in [0.29, 0.717) is 6.42 Å². The van der Waals surface area contributed by atoms with E-state index in [1.54, 1.807) is 18.9 Å². The molecule has 1 fully saturated rings. The van der Waals surface area contributed by atoms with Gasteiger partial charge in [-0.25, -0.2) is 4.98 Å². The Hall–Kier alpha value is -3.64. The van der Waals surface area contributed by atoms with Crippen LogP contribution in [0.5, 0.6) is 0 Å². The van der Waals surface area contributed by atoms with Crippen molar-refractivity contribution in [1.82, 2.24) is 25.4 Å². The number of aliphatic carboxylic acids is 1. The third kappa shape index (κ3) is 10.7. The van der Waals surface area contributed by atoms with Crippen molar-refractivity contribution in [3.05, 3.63) is 52.0 Å². The van der Waals surface area contributed by atoms with Crippen LogP contribution in [-0.2, 0) is 20.8 Å². The summed E-state index contributed by atoms with van der Waals surface area (Å²) >= 11 is 1.06. The number of hydrogen-bond donors (Lipinski definition) is 3. The molecule has 5 atom stereocenters. The lowest BCUT2D eigenvalue weighted by Crippen LogP contribution is -2.57. The van der Waals surface area contributed by atoms with Crippen molar-refractivity contribution >= 4 is 40.8 Å². The first-order valence-corrected chi connectivity index (χ1v) is 17.4. The second kappa shape index (κ2) is 17.5. The van der Waals surface area contributed by atoms with E-state index >= 15 is 0 Å². The van der Waals surface area contributed by atoms with Gasteiger partial charge < -0.3 is 20.6 Å². The number of Topliss-reactive ketones (excluding diaryl/α,β-unsaturated/α-hetero) is 1. The fourth-order valence-corrected chi connectivity index (χ4v) is 6.78. The molecule has 12 heteroatoms. The lowest BCUT2D eigenvalue weighted by atomic mass is 9.94. The number of likely N-dealkylation sites (N-methyl/N-ethyl adjacent to an activating group) is 2. The summed E-state index contributed by atoms with van der Waals surface area (Å²) in [7, 11) is 3.60. The van der Waals surface area contributed by atoms with E-state index in [-0.39, 0.29) is 59.0 Å². The van der Waals surface area contributed by atoms with Gasteiger partial charge in [0.2, 0.25) is 11.8 Å². The Morgan fingerprint density at radius 1 is 1.02 bits per heavy atom. The Balaban J connectivity index is 1.69. The van der Waals surface area contributed by atoms with Gasteiger partial charge in [-0.1, -0.05) is 71.4 Å². The van der Waals surface area contributed by atoms with Crippen molar-refractivity contribution in [3.8, 4) is 0 Å². The number of carboxylic acids is 1. The zero-order valence-corrected chi connectivity index (χ0v) is 29.5. The van der Waals surface area contributed by atoms with Gasteiger partial charge in [-0.2, -0.15) is 0 Å². The minimum absolute atomic E-state index is 0.00532. The molecule has 0 bridgehead atoms. The number of carbonyl (C=O) groups is 5. The number of piperidine rings is 1. The first kappa shape index (κ1) is 37.8. The molecule has 3 amide bonds. The number of hydrogen-bond acceptors (Lipinski definition) is 8. The van der Waals surface area contributed by atoms with Crippen molar-refractivity contribution in [2.75, 3.05) is 20.6 Å². The second-order valence-corrected chi connectivity index (χ2v) is 14.3. The summed E-state index contributed by atoms with van der Waals surface area (Å²) in [6, 6.07) is 7.59. The number of carboxylic acid groups (broad SMARTS) is 1. The lowest BCUT2D eigenvalue weighted by Gasteiger charge is -2.36. The summed E-state index contributed by atoms with van der Waals surface area (Å²) < 4.78 is 0. The highest BCUT2D eigenvalue weighted by Gasteiger charge is 2.36. The van der Waals surface area contributed by atoms with Gasteiger partial charge in [-0.15, -0.1) is 11.3 Å². The van der Waals surface area contributed by atoms with Gasteiger partial charge >= 0.3 is 5.97 Å². The smallest absolute Gasteiger partial charge is 0.306 e. The fourth-order valence-electron chi connectivity index (χ4n) is 6.03. The van der Waals surface area contributed by atoms with Gasteiger partial charge in [0.15, 0.2) is 10.8 Å². The van der Waals surface area contributed by atoms with Crippen LogP contribution in [-0.4, -0.2) is 94.2 Å². The molecule has 0 spiro atoms. The van der Waals surface area contributed by atoms with Crippen molar-refractivity contribution in [3.63, 3.8) is 0 Å². The number of thiazole rings is 1. The molecule has 258 valence electrons. The summed E-state index contributed by atoms with van der Waals surface area (Å²) in [5, 5.41) is 17.0. The Bertz CT molecular complexity index is 1380. The predicted molar refractivity (Wildman–Crippen MR) is 182 cm³/mol. The lowest BCUT2D eigenvalue weighted by molar-refractivity contribution is -0.141. The Morgan fingerprint density at radius 3 is 2.30 bits per heavy atom. The van der Waals surface area contributed by atoms with Crippen LogP contribution in [0.1, 0.15) is 92.6 Å². The molecular formula is C35H51N5O6S. The van der Waals surface area contributed by atoms with Gasteiger partial charge in [-0.3, -0.25) is 28.9 Å². The third-order valence-corrected chi connectivity index (χ3v) is 9.89. The number of nitrogens with one attached hydrogen (secondary N) is 2. The molecule has 47 heavy (non-hydrogen) atoms. The molecule has 1 aliphatic heterocycles. The number of ketones is 1. The molecule has 1 aromatic carbocycles. The molecular weight excluding hydrogens is 618 g/mol. The highest BCUT2D eigenvalue weighted by Crippen LogP contribution is 2.22. The summed E-state index contributed by atoms with van der Waals surface area (Å²) in [5.41, 5.74) is 1.05. The molecule has 1 aromatic heterocycles. The standard InChI is InChI=1S/C35H51N5O6S/c1-21(2)28(40(7)34(44)30(22(3)4)38-32(43)27-15-11-12-16-39(27)6)19-29(41)33-37-26(20-47-33)31(42)36-25(17-23(5)35(45)46)18-24-13-9-8-10-14-24/h8-10,13-14,20-23,25,27-28,30H,11-12,15-19H2,1-7H3,(H,36,42)(H,38,43)(H,45,46)/t23?,25?,27-,28?,30?/m1/s1. The number of benzene rings is 1. The monoisotopic (exact) mass is 669 g/mol. The van der Waals surface area contributed by atoms with Crippen molar-refractivity contribution in [2.24, 2.45) is 17.8 Å². The van der Waals surface area contributed by atoms with Gasteiger partial charge in [0.25, 0.3) is 5.91 Å². The highest BCUT2D eigenvalue weighted by molar-refractivity contribution is 7.11. The van der Waals surface area contributed by atoms with E-state index < -0.39 is 35.9 Å². The van der Waals surface area contributed by atoms with E-state index in [0.717, 1.165) is 42.7 Å². The molecule has 1 saturated heterocycles. The van der Waals surface area contributed by atoms with E-state index in [9.17, 15) is 29.1 Å². The number of carbonyl (C=O) groups excluding carboxylic acids is 4. The van der Waals surface area contributed by atoms with Crippen molar-refractivity contribution in [2.45, 2.75) is 97.3 Å². The molecule has 0 saturated carbocycles. The number of rotatable bonds is 16. The number of aromatic nitrogens is 1. The molecule has 0 radical (unpaired) electrons. The first-order valence-electron chi connectivity index (χ1n) is 16.5. The van der Waals surface area contributed by atoms with Crippen molar-refractivity contribution < 1.29 is 29.1 Å². The normalized spacial score (nSPS) is 17.9. The third-order valence-electron chi connectivity index (χ3n) is 9.01. The minimum Gasteiger partial charge on any atom is -0.481 e. The topological polar surface area (TPSA) is 149 Å². The van der Waals surface area contributed by atoms with Crippen LogP contribution in [0.4, 0.5) is 0 Å². The van der Waals surface area contributed by atoms with Crippen LogP contribution >= 0.6 is 11.3 Å². The van der Waals surface area contributed by atoms with Crippen LogP contribution in [0.25, 0.3) is 0 Å². The van der Waals surface area contributed by atoms with Crippen molar-refractivity contribution in [1.29, 1.82) is 0 Å². The Labute approximate surface area is 282 Å². The Morgan fingerprint density at radius 2 is 1.70 bits per heavy atom. The molecule has 2 heterocycles. The summed E-state index contributed by atoms with van der Waals surface area (Å²) in [6.07, 6.45) is 3.46. The number of likely N-dealkylation sites (tertiary alicyclic amines) is 1. The van der Waals surface area contributed by atoms with E-state index in [4.69, 9.17) is 0 Å². The van der Waals surface area contributed by atoms with Gasteiger partial charge in [0.1, 0.15) is 11.7 Å². The van der Waals surface area contributed by atoms with Crippen LogP contribution < -0.4 is 10.6 Å². The summed E-state index contributed by atoms with van der Waals surface area (Å²) in [4.78, 5) is 73.1. The number of nitrogens with zero attached hydrogens (tertiary/aromatic N) is 3. The second-order valence-electron chi connectivity index (χ2n) is 13.5. The van der Waals surface area contributed by atoms with E-state index in [1.165, 1.54) is 5.38 Å². The maximum atomic E-state index is 13.8. The largest absolute Gasteiger partial charge is 0.481 e. The van der Waals surface area contributed by atoms with Crippen LogP contribution in [0.15, 0.2) is 35.7 Å². The van der Waals surface area contributed by atoms with Gasteiger partial charge in [0.05, 0.1) is 12.0 Å². The molecule has 11 nitrogen and oxygen atoms in total. The summed E-state index contributed by atoms with van der Waals surface area (Å²) in [5.74, 6) is -3.01. The van der Waals surface area contributed by atoms with E-state index in [1.807, 2.05) is 70.0 Å². The number of amides is 3. The van der Waals surface area contributed by atoms with Gasteiger partial charge in [-0.05, 0) is 56.7 Å². The SMILES string of the molecule is CC(CC(Cc1ccccc1)NC(=O)c1csc(C(=O)CC(C(C)C)N(C)C(=O)C(NC(=O)[C@H]2CCCCN2C)C(C)C)n1)C(=O)O. The molecule has 3 N–H and O–H groups in total. The van der Waals surface area contributed by atoms with E-state index in [2.05, 4.69) is 15.6 Å². The average Bonchev–Trinajstić information content (AvgIpc) is 3.53. The van der Waals surface area contributed by atoms with Gasteiger partial charge in [0, 0.05) is 30.9 Å². The maximum absolute atomic E-state index is 13.8. The predicted octanol–water partition coefficient (Wildman–Crippen LogP) is 4.28. The molecule has 0 aliphatic carbocycles. The molecule has 3 rings (SSSR count). The quantitative estimate of drug-likeness (QED) is 0.225.